The molecule has 10 heavy (non-hydrogen) atoms. The fourth-order valence-electron chi connectivity index (χ4n) is 0.659. The van der Waals surface area contributed by atoms with Crippen LogP contribution >= 0.6 is 0 Å². The van der Waals surface area contributed by atoms with Gasteiger partial charge in [0.2, 0.25) is 0 Å². The third-order valence-electron chi connectivity index (χ3n) is 1.36. The van der Waals surface area contributed by atoms with Crippen LogP contribution in [0.1, 0.15) is 18.5 Å². The first-order valence-electron chi connectivity index (χ1n) is 3.21. The minimum Gasteiger partial charge on any atom is -0.396 e. The van der Waals surface area contributed by atoms with Gasteiger partial charge in [-0.3, -0.25) is 9.97 Å². The summed E-state index contributed by atoms with van der Waals surface area (Å²) in [5.41, 5.74) is 0.838. The Bertz CT molecular complexity index is 188. The highest BCUT2D eigenvalue weighted by Crippen LogP contribution is 2.07. The maximum absolute atomic E-state index is 8.72. The second kappa shape index (κ2) is 3.27. The normalized spacial score (nSPS) is 13.0. The Morgan fingerprint density at radius 2 is 2.40 bits per heavy atom. The molecule has 0 aliphatic heterocycles. The maximum Gasteiger partial charge on any atom is 0.0637 e. The molecule has 1 atom stereocenters. The Morgan fingerprint density at radius 1 is 1.60 bits per heavy atom. The van der Waals surface area contributed by atoms with Gasteiger partial charge in [0.15, 0.2) is 0 Å². The number of hydrogen-bond donors (Lipinski definition) is 1. The summed E-state index contributed by atoms with van der Waals surface area (Å²) in [5, 5.41) is 8.72. The maximum atomic E-state index is 8.72. The van der Waals surface area contributed by atoms with Crippen LogP contribution in [0, 0.1) is 0 Å². The lowest BCUT2D eigenvalue weighted by Gasteiger charge is -2.03. The lowest BCUT2D eigenvalue weighted by molar-refractivity contribution is 0.271. The average molecular weight is 138 g/mol. The van der Waals surface area contributed by atoms with E-state index in [2.05, 4.69) is 9.97 Å². The molecule has 0 saturated heterocycles. The van der Waals surface area contributed by atoms with E-state index in [4.69, 9.17) is 5.11 Å². The molecular weight excluding hydrogens is 128 g/mol. The van der Waals surface area contributed by atoms with Crippen LogP contribution in [-0.4, -0.2) is 21.7 Å². The van der Waals surface area contributed by atoms with Gasteiger partial charge in [0, 0.05) is 24.5 Å². The number of rotatable bonds is 2. The first kappa shape index (κ1) is 7.15. The third-order valence-corrected chi connectivity index (χ3v) is 1.36. The molecule has 1 heterocycles. The molecule has 1 aromatic heterocycles. The monoisotopic (exact) mass is 138 g/mol. The van der Waals surface area contributed by atoms with E-state index in [1.807, 2.05) is 6.92 Å². The highest BCUT2D eigenvalue weighted by atomic mass is 16.3. The standard InChI is InChI=1S/C7H10N2O/c1-6(5-10)7-4-8-2-3-9-7/h2-4,6,10H,5H2,1H3. The molecule has 1 rings (SSSR count). The molecule has 0 radical (unpaired) electrons. The topological polar surface area (TPSA) is 46.0 Å². The van der Waals surface area contributed by atoms with Crippen molar-refractivity contribution >= 4 is 0 Å². The van der Waals surface area contributed by atoms with Gasteiger partial charge in [-0.1, -0.05) is 6.92 Å². The third kappa shape index (κ3) is 1.51. The van der Waals surface area contributed by atoms with Gasteiger partial charge in [-0.15, -0.1) is 0 Å². The van der Waals surface area contributed by atoms with Crippen LogP contribution in [0.5, 0.6) is 0 Å². The van der Waals surface area contributed by atoms with Crippen LogP contribution in [0.4, 0.5) is 0 Å². The smallest absolute Gasteiger partial charge is 0.0637 e. The SMILES string of the molecule is CC(CO)c1cnccn1. The van der Waals surface area contributed by atoms with Crippen molar-refractivity contribution in [2.75, 3.05) is 6.61 Å². The number of nitrogens with zero attached hydrogens (tertiary/aromatic N) is 2. The number of hydrogen-bond acceptors (Lipinski definition) is 3. The molecule has 0 amide bonds. The molecule has 1 N–H and O–H groups in total. The number of aliphatic hydroxyl groups is 1. The lowest BCUT2D eigenvalue weighted by atomic mass is 10.1. The molecule has 0 bridgehead atoms. The van der Waals surface area contributed by atoms with Crippen LogP contribution in [-0.2, 0) is 0 Å². The van der Waals surface area contributed by atoms with Gasteiger partial charge in [0.1, 0.15) is 0 Å². The Morgan fingerprint density at radius 3 is 2.90 bits per heavy atom. The van der Waals surface area contributed by atoms with Gasteiger partial charge in [0.05, 0.1) is 12.3 Å². The zero-order chi connectivity index (χ0) is 7.40. The van der Waals surface area contributed by atoms with Crippen molar-refractivity contribution in [3.05, 3.63) is 24.3 Å². The van der Waals surface area contributed by atoms with Crippen LogP contribution in [0.3, 0.4) is 0 Å². The quantitative estimate of drug-likeness (QED) is 0.650. The van der Waals surface area contributed by atoms with Crippen LogP contribution in [0.25, 0.3) is 0 Å². The zero-order valence-corrected chi connectivity index (χ0v) is 5.86. The van der Waals surface area contributed by atoms with Crippen molar-refractivity contribution in [2.24, 2.45) is 0 Å². The molecule has 1 aromatic rings. The zero-order valence-electron chi connectivity index (χ0n) is 5.86. The second-order valence-corrected chi connectivity index (χ2v) is 2.21. The van der Waals surface area contributed by atoms with Crippen LogP contribution < -0.4 is 0 Å². The Labute approximate surface area is 59.8 Å². The average Bonchev–Trinajstić information content (AvgIpc) is 2.05. The number of aliphatic hydroxyl groups excluding tert-OH is 1. The summed E-state index contributed by atoms with van der Waals surface area (Å²) in [7, 11) is 0. The summed E-state index contributed by atoms with van der Waals surface area (Å²) < 4.78 is 0. The molecular formula is C7H10N2O. The van der Waals surface area contributed by atoms with Crippen molar-refractivity contribution in [1.29, 1.82) is 0 Å². The van der Waals surface area contributed by atoms with Crippen molar-refractivity contribution in [3.8, 4) is 0 Å². The molecule has 0 saturated carbocycles. The second-order valence-electron chi connectivity index (χ2n) is 2.21. The molecule has 3 heteroatoms. The van der Waals surface area contributed by atoms with Gasteiger partial charge in [-0.25, -0.2) is 0 Å². The molecule has 0 aliphatic rings. The summed E-state index contributed by atoms with van der Waals surface area (Å²) in [6, 6.07) is 0. The fraction of sp³-hybridized carbons (Fsp3) is 0.429. The summed E-state index contributed by atoms with van der Waals surface area (Å²) in [6.07, 6.45) is 4.91. The molecule has 3 nitrogen and oxygen atoms in total. The van der Waals surface area contributed by atoms with Crippen molar-refractivity contribution in [3.63, 3.8) is 0 Å². The van der Waals surface area contributed by atoms with Gasteiger partial charge in [-0.05, 0) is 0 Å². The van der Waals surface area contributed by atoms with E-state index in [1.165, 1.54) is 0 Å². The van der Waals surface area contributed by atoms with Crippen molar-refractivity contribution in [1.82, 2.24) is 9.97 Å². The van der Waals surface area contributed by atoms with E-state index >= 15 is 0 Å². The summed E-state index contributed by atoms with van der Waals surface area (Å²) in [5.74, 6) is 0.0914. The van der Waals surface area contributed by atoms with Gasteiger partial charge in [0.25, 0.3) is 0 Å². The van der Waals surface area contributed by atoms with Crippen molar-refractivity contribution in [2.45, 2.75) is 12.8 Å². The fourth-order valence-corrected chi connectivity index (χ4v) is 0.659. The van der Waals surface area contributed by atoms with Gasteiger partial charge in [-0.2, -0.15) is 0 Å². The van der Waals surface area contributed by atoms with Crippen molar-refractivity contribution < 1.29 is 5.11 Å². The van der Waals surface area contributed by atoms with Crippen LogP contribution in [0.2, 0.25) is 0 Å². The Kier molecular flexibility index (Phi) is 2.34. The minimum absolute atomic E-state index is 0.0914. The Hall–Kier alpha value is -0.960. The van der Waals surface area contributed by atoms with E-state index in [0.29, 0.717) is 0 Å². The van der Waals surface area contributed by atoms with Gasteiger partial charge >= 0.3 is 0 Å². The largest absolute Gasteiger partial charge is 0.396 e. The number of aromatic nitrogens is 2. The highest BCUT2D eigenvalue weighted by molar-refractivity contribution is 5.01. The lowest BCUT2D eigenvalue weighted by Crippen LogP contribution is -2.01. The summed E-state index contributed by atoms with van der Waals surface area (Å²) in [6.45, 7) is 2.03. The van der Waals surface area contributed by atoms with E-state index < -0.39 is 0 Å². The van der Waals surface area contributed by atoms with E-state index in [1.54, 1.807) is 18.6 Å². The predicted octanol–water partition coefficient (Wildman–Crippen LogP) is 0.572. The van der Waals surface area contributed by atoms with E-state index in [9.17, 15) is 0 Å². The van der Waals surface area contributed by atoms with Gasteiger partial charge < -0.3 is 5.11 Å². The first-order chi connectivity index (χ1) is 4.84. The van der Waals surface area contributed by atoms with E-state index in [0.717, 1.165) is 5.69 Å². The van der Waals surface area contributed by atoms with E-state index in [-0.39, 0.29) is 12.5 Å². The molecule has 0 aromatic carbocycles. The predicted molar refractivity (Wildman–Crippen MR) is 37.5 cm³/mol. The molecule has 0 fully saturated rings. The molecule has 0 spiro atoms. The molecule has 54 valence electrons. The summed E-state index contributed by atoms with van der Waals surface area (Å²) >= 11 is 0. The Balaban J connectivity index is 2.75. The first-order valence-corrected chi connectivity index (χ1v) is 3.21. The summed E-state index contributed by atoms with van der Waals surface area (Å²) in [4.78, 5) is 7.91. The molecule has 1 unspecified atom stereocenters. The highest BCUT2D eigenvalue weighted by Gasteiger charge is 2.02. The van der Waals surface area contributed by atoms with Crippen LogP contribution in [0.15, 0.2) is 18.6 Å². The molecule has 0 aliphatic carbocycles. The minimum atomic E-state index is 0.0914.